The molecule has 1 aromatic heterocycles. The third-order valence-corrected chi connectivity index (χ3v) is 8.06. The first-order valence-corrected chi connectivity index (χ1v) is 15.6. The number of carbonyl (C=O) groups excluding carboxylic acids is 3. The average Bonchev–Trinajstić information content (AvgIpc) is 3.54. The van der Waals surface area contributed by atoms with Gasteiger partial charge in [-0.05, 0) is 85.1 Å². The van der Waals surface area contributed by atoms with Crippen molar-refractivity contribution in [1.82, 2.24) is 0 Å². The Morgan fingerprint density at radius 2 is 1.58 bits per heavy atom. The zero-order valence-corrected chi connectivity index (χ0v) is 26.0. The Labute approximate surface area is 267 Å². The van der Waals surface area contributed by atoms with Gasteiger partial charge in [0.15, 0.2) is 5.78 Å². The van der Waals surface area contributed by atoms with Crippen LogP contribution in [0.4, 0.5) is 11.4 Å². The van der Waals surface area contributed by atoms with Gasteiger partial charge in [-0.25, -0.2) is 0 Å². The number of nitrogens with one attached hydrogen (secondary N) is 2. The van der Waals surface area contributed by atoms with Crippen LogP contribution in [0.5, 0.6) is 5.75 Å². The Morgan fingerprint density at radius 1 is 0.822 bits per heavy atom. The van der Waals surface area contributed by atoms with E-state index in [4.69, 9.17) is 4.74 Å². The number of hydrogen-bond donors (Lipinski definition) is 2. The quantitative estimate of drug-likeness (QED) is 0.109. The molecule has 2 amide bonds. The molecule has 4 aromatic carbocycles. The molecule has 0 saturated heterocycles. The minimum absolute atomic E-state index is 0.172. The van der Waals surface area contributed by atoms with E-state index in [2.05, 4.69) is 17.6 Å². The summed E-state index contributed by atoms with van der Waals surface area (Å²) in [5.74, 6) is 0.0117. The highest BCUT2D eigenvalue weighted by Gasteiger charge is 2.17. The largest absolute Gasteiger partial charge is 0.494 e. The second-order valence-corrected chi connectivity index (χ2v) is 11.7. The van der Waals surface area contributed by atoms with Gasteiger partial charge in [-0.1, -0.05) is 67.1 Å². The van der Waals surface area contributed by atoms with E-state index in [9.17, 15) is 14.4 Å². The van der Waals surface area contributed by atoms with Crippen molar-refractivity contribution in [2.75, 3.05) is 17.2 Å². The highest BCUT2D eigenvalue weighted by molar-refractivity contribution is 7.16. The standard InChI is InChI=1S/C38H34N2O4S/c1-3-23-44-31-16-13-28(14-17-31)35-21-18-32(45-35)19-22-36(41)39-30-15-20-34(33(25-30)38(43)29-7-5-4-6-8-29)40-37(42)24-27-11-9-26(2)10-12-27/h4-22,25H,3,23-24H2,1-2H3,(H,39,41)(H,40,42)/b22-19+. The molecule has 6 nitrogen and oxygen atoms in total. The Hall–Kier alpha value is -5.27. The van der Waals surface area contributed by atoms with Crippen molar-refractivity contribution in [2.24, 2.45) is 0 Å². The molecule has 0 saturated carbocycles. The van der Waals surface area contributed by atoms with Gasteiger partial charge in [0, 0.05) is 32.6 Å². The molecule has 7 heteroatoms. The normalized spacial score (nSPS) is 10.9. The number of carbonyl (C=O) groups is 3. The summed E-state index contributed by atoms with van der Waals surface area (Å²) in [6.07, 6.45) is 4.36. The van der Waals surface area contributed by atoms with E-state index in [1.807, 2.05) is 73.7 Å². The lowest BCUT2D eigenvalue weighted by atomic mass is 10.0. The number of hydrogen-bond acceptors (Lipinski definition) is 5. The van der Waals surface area contributed by atoms with Crippen LogP contribution in [0.2, 0.25) is 0 Å². The molecule has 0 radical (unpaired) electrons. The maximum absolute atomic E-state index is 13.5. The number of anilines is 2. The van der Waals surface area contributed by atoms with E-state index in [-0.39, 0.29) is 29.6 Å². The zero-order chi connectivity index (χ0) is 31.6. The molecule has 0 bridgehead atoms. The molecule has 0 fully saturated rings. The van der Waals surface area contributed by atoms with Crippen LogP contribution >= 0.6 is 11.3 Å². The van der Waals surface area contributed by atoms with Crippen LogP contribution in [-0.2, 0) is 16.0 Å². The smallest absolute Gasteiger partial charge is 0.248 e. The molecular weight excluding hydrogens is 580 g/mol. The van der Waals surface area contributed by atoms with Crippen molar-refractivity contribution in [3.05, 3.63) is 142 Å². The van der Waals surface area contributed by atoms with Gasteiger partial charge in [0.05, 0.1) is 18.7 Å². The van der Waals surface area contributed by atoms with Crippen molar-refractivity contribution in [2.45, 2.75) is 26.7 Å². The summed E-state index contributed by atoms with van der Waals surface area (Å²) >= 11 is 1.58. The van der Waals surface area contributed by atoms with Gasteiger partial charge < -0.3 is 15.4 Å². The Kier molecular flexibility index (Phi) is 10.4. The number of ketones is 1. The fourth-order valence-corrected chi connectivity index (χ4v) is 5.54. The summed E-state index contributed by atoms with van der Waals surface area (Å²) in [7, 11) is 0. The SMILES string of the molecule is CCCOc1ccc(-c2ccc(/C=C/C(=O)Nc3ccc(NC(=O)Cc4ccc(C)cc4)c(C(=O)c4ccccc4)c3)s2)cc1. The van der Waals surface area contributed by atoms with Crippen molar-refractivity contribution in [3.8, 4) is 16.2 Å². The first-order chi connectivity index (χ1) is 21.9. The van der Waals surface area contributed by atoms with E-state index in [1.165, 1.54) is 6.08 Å². The maximum Gasteiger partial charge on any atom is 0.248 e. The number of amides is 2. The lowest BCUT2D eigenvalue weighted by Crippen LogP contribution is -2.18. The third kappa shape index (κ3) is 8.65. The van der Waals surface area contributed by atoms with Crippen LogP contribution < -0.4 is 15.4 Å². The lowest BCUT2D eigenvalue weighted by molar-refractivity contribution is -0.115. The topological polar surface area (TPSA) is 84.5 Å². The Morgan fingerprint density at radius 3 is 2.31 bits per heavy atom. The number of rotatable bonds is 12. The van der Waals surface area contributed by atoms with Gasteiger partial charge in [0.25, 0.3) is 0 Å². The van der Waals surface area contributed by atoms with Crippen molar-refractivity contribution < 1.29 is 19.1 Å². The van der Waals surface area contributed by atoms with Gasteiger partial charge in [-0.15, -0.1) is 11.3 Å². The number of ether oxygens (including phenoxy) is 1. The number of aryl methyl sites for hydroxylation is 1. The molecule has 0 atom stereocenters. The minimum atomic E-state index is -0.336. The summed E-state index contributed by atoms with van der Waals surface area (Å²) in [5.41, 5.74) is 4.65. The molecule has 0 aliphatic carbocycles. The highest BCUT2D eigenvalue weighted by Crippen LogP contribution is 2.30. The molecule has 0 unspecified atom stereocenters. The predicted molar refractivity (Wildman–Crippen MR) is 183 cm³/mol. The monoisotopic (exact) mass is 614 g/mol. The molecule has 0 spiro atoms. The third-order valence-electron chi connectivity index (χ3n) is 6.96. The van der Waals surface area contributed by atoms with Crippen LogP contribution in [0.15, 0.2) is 115 Å². The second kappa shape index (κ2) is 14.9. The predicted octanol–water partition coefficient (Wildman–Crippen LogP) is 8.58. The first-order valence-electron chi connectivity index (χ1n) is 14.8. The van der Waals surface area contributed by atoms with Crippen LogP contribution in [0.3, 0.4) is 0 Å². The summed E-state index contributed by atoms with van der Waals surface area (Å²) in [4.78, 5) is 41.3. The van der Waals surface area contributed by atoms with Gasteiger partial charge >= 0.3 is 0 Å². The molecule has 5 aromatic rings. The van der Waals surface area contributed by atoms with Gasteiger partial charge in [0.2, 0.25) is 11.8 Å². The number of benzene rings is 4. The van der Waals surface area contributed by atoms with E-state index in [0.29, 0.717) is 23.5 Å². The Balaban J connectivity index is 1.28. The fourth-order valence-electron chi connectivity index (χ4n) is 4.62. The van der Waals surface area contributed by atoms with E-state index in [0.717, 1.165) is 38.6 Å². The summed E-state index contributed by atoms with van der Waals surface area (Å²) in [6, 6.07) is 33.5. The minimum Gasteiger partial charge on any atom is -0.494 e. The zero-order valence-electron chi connectivity index (χ0n) is 25.2. The van der Waals surface area contributed by atoms with Gasteiger partial charge in [-0.2, -0.15) is 0 Å². The highest BCUT2D eigenvalue weighted by atomic mass is 32.1. The molecule has 226 valence electrons. The molecule has 2 N–H and O–H groups in total. The van der Waals surface area contributed by atoms with Gasteiger partial charge in [0.1, 0.15) is 5.75 Å². The summed E-state index contributed by atoms with van der Waals surface area (Å²) in [6.45, 7) is 4.76. The summed E-state index contributed by atoms with van der Waals surface area (Å²) in [5, 5.41) is 5.73. The molecular formula is C38H34N2O4S. The van der Waals surface area contributed by atoms with Crippen LogP contribution in [0, 0.1) is 6.92 Å². The molecule has 0 aliphatic rings. The lowest BCUT2D eigenvalue weighted by Gasteiger charge is -2.13. The Bertz CT molecular complexity index is 1810. The molecule has 45 heavy (non-hydrogen) atoms. The van der Waals surface area contributed by atoms with Crippen molar-refractivity contribution >= 4 is 46.4 Å². The number of thiophene rings is 1. The molecule has 0 aliphatic heterocycles. The van der Waals surface area contributed by atoms with Crippen molar-refractivity contribution in [3.63, 3.8) is 0 Å². The van der Waals surface area contributed by atoms with E-state index in [1.54, 1.807) is 59.9 Å². The van der Waals surface area contributed by atoms with Crippen LogP contribution in [0.1, 0.15) is 45.3 Å². The first kappa shape index (κ1) is 31.2. The summed E-state index contributed by atoms with van der Waals surface area (Å²) < 4.78 is 5.67. The second-order valence-electron chi connectivity index (χ2n) is 10.6. The van der Waals surface area contributed by atoms with Crippen LogP contribution in [0.25, 0.3) is 16.5 Å². The average molecular weight is 615 g/mol. The fraction of sp³-hybridized carbons (Fsp3) is 0.132. The maximum atomic E-state index is 13.5. The van der Waals surface area contributed by atoms with E-state index >= 15 is 0 Å². The van der Waals surface area contributed by atoms with E-state index < -0.39 is 0 Å². The molecule has 1 heterocycles. The molecule has 5 rings (SSSR count). The van der Waals surface area contributed by atoms with Gasteiger partial charge in [-0.3, -0.25) is 14.4 Å². The van der Waals surface area contributed by atoms with Crippen molar-refractivity contribution in [1.29, 1.82) is 0 Å². The van der Waals surface area contributed by atoms with Crippen LogP contribution in [-0.4, -0.2) is 24.2 Å².